The summed E-state index contributed by atoms with van der Waals surface area (Å²) in [4.78, 5) is 46.3. The number of hydrogen-bond acceptors (Lipinski definition) is 6. The molecule has 9 heteroatoms. The molecular formula is C25H30N4O4S. The van der Waals surface area contributed by atoms with Gasteiger partial charge in [0, 0.05) is 13.1 Å². The molecule has 1 aromatic carbocycles. The molecule has 2 atom stereocenters. The third-order valence-electron chi connectivity index (χ3n) is 6.09. The van der Waals surface area contributed by atoms with Gasteiger partial charge in [0.1, 0.15) is 17.1 Å². The molecule has 1 aliphatic heterocycles. The van der Waals surface area contributed by atoms with Gasteiger partial charge in [-0.3, -0.25) is 19.0 Å². The Bertz CT molecular complexity index is 1270. The minimum atomic E-state index is -0.328. The summed E-state index contributed by atoms with van der Waals surface area (Å²) in [6, 6.07) is 7.21. The number of benzene rings is 1. The molecule has 0 unspecified atom stereocenters. The van der Waals surface area contributed by atoms with Crippen molar-refractivity contribution in [1.29, 1.82) is 0 Å². The first-order valence-electron chi connectivity index (χ1n) is 11.6. The Morgan fingerprint density at radius 2 is 1.91 bits per heavy atom. The van der Waals surface area contributed by atoms with Crippen molar-refractivity contribution in [1.82, 2.24) is 14.5 Å². The predicted octanol–water partition coefficient (Wildman–Crippen LogP) is 3.92. The van der Waals surface area contributed by atoms with Crippen molar-refractivity contribution in [2.75, 3.05) is 25.0 Å². The van der Waals surface area contributed by atoms with Crippen molar-refractivity contribution in [3.63, 3.8) is 0 Å². The topological polar surface area (TPSA) is 93.5 Å². The summed E-state index contributed by atoms with van der Waals surface area (Å²) in [5, 5.41) is 3.26. The largest absolute Gasteiger partial charge is 0.492 e. The third-order valence-corrected chi connectivity index (χ3v) is 7.28. The highest BCUT2D eigenvalue weighted by Gasteiger charge is 2.26. The molecule has 0 radical (unpaired) electrons. The van der Waals surface area contributed by atoms with E-state index in [0.717, 1.165) is 6.42 Å². The summed E-state index contributed by atoms with van der Waals surface area (Å²) in [6.45, 7) is 9.74. The van der Waals surface area contributed by atoms with E-state index in [9.17, 15) is 14.4 Å². The number of hydrogen-bond donors (Lipinski definition) is 1. The zero-order valence-electron chi connectivity index (χ0n) is 20.0. The predicted molar refractivity (Wildman–Crippen MR) is 134 cm³/mol. The van der Waals surface area contributed by atoms with Gasteiger partial charge in [0.25, 0.3) is 11.5 Å². The van der Waals surface area contributed by atoms with Crippen LogP contribution in [0.3, 0.4) is 0 Å². The molecule has 180 valence electrons. The van der Waals surface area contributed by atoms with Gasteiger partial charge in [-0.05, 0) is 49.8 Å². The van der Waals surface area contributed by atoms with E-state index in [4.69, 9.17) is 4.74 Å². The van der Waals surface area contributed by atoms with Gasteiger partial charge in [-0.15, -0.1) is 11.3 Å². The summed E-state index contributed by atoms with van der Waals surface area (Å²) in [6.07, 6.45) is 2.51. The summed E-state index contributed by atoms with van der Waals surface area (Å²) >= 11 is 1.17. The van der Waals surface area contributed by atoms with E-state index in [2.05, 4.69) is 24.1 Å². The maximum Gasteiger partial charge on any atom is 0.266 e. The van der Waals surface area contributed by atoms with Crippen molar-refractivity contribution >= 4 is 39.1 Å². The van der Waals surface area contributed by atoms with Gasteiger partial charge >= 0.3 is 0 Å². The fourth-order valence-corrected chi connectivity index (χ4v) is 5.67. The Morgan fingerprint density at radius 3 is 2.62 bits per heavy atom. The molecule has 1 saturated heterocycles. The van der Waals surface area contributed by atoms with Crippen molar-refractivity contribution in [3.05, 3.63) is 51.4 Å². The van der Waals surface area contributed by atoms with E-state index >= 15 is 0 Å². The van der Waals surface area contributed by atoms with Crippen LogP contribution < -0.4 is 15.6 Å². The van der Waals surface area contributed by atoms with Crippen LogP contribution in [0.4, 0.5) is 5.69 Å². The number of likely N-dealkylation sites (tertiary alicyclic amines) is 1. The van der Waals surface area contributed by atoms with Gasteiger partial charge in [-0.2, -0.15) is 0 Å². The molecule has 4 rings (SSSR count). The zero-order chi connectivity index (χ0) is 24.4. The van der Waals surface area contributed by atoms with Crippen LogP contribution in [0.15, 0.2) is 35.4 Å². The maximum atomic E-state index is 13.2. The molecule has 1 N–H and O–H groups in total. The minimum absolute atomic E-state index is 0.0558. The first-order valence-corrected chi connectivity index (χ1v) is 12.4. The van der Waals surface area contributed by atoms with Crippen LogP contribution in [-0.2, 0) is 11.3 Å². The van der Waals surface area contributed by atoms with E-state index in [0.29, 0.717) is 63.6 Å². The first-order chi connectivity index (χ1) is 16.3. The standard InChI is InChI=1S/C25H30N4O4S/c1-5-33-19-9-7-6-8-18(19)27-23(31)22-17(4)21-24(34-22)26-14-29(25(21)32)13-20(30)28-11-15(2)10-16(3)12-28/h6-9,14-16H,5,10-13H2,1-4H3,(H,27,31)/t15-,16-/m1/s1. The van der Waals surface area contributed by atoms with Crippen LogP contribution in [0.2, 0.25) is 0 Å². The number of amides is 2. The number of carbonyl (C=O) groups excluding carboxylic acids is 2. The normalized spacial score (nSPS) is 18.2. The molecule has 1 aliphatic rings. The lowest BCUT2D eigenvalue weighted by Crippen LogP contribution is -2.44. The monoisotopic (exact) mass is 482 g/mol. The molecule has 34 heavy (non-hydrogen) atoms. The number of ether oxygens (including phenoxy) is 1. The van der Waals surface area contributed by atoms with Crippen molar-refractivity contribution in [2.45, 2.75) is 40.7 Å². The van der Waals surface area contributed by atoms with E-state index < -0.39 is 0 Å². The maximum absolute atomic E-state index is 13.2. The van der Waals surface area contributed by atoms with E-state index in [1.165, 1.54) is 22.2 Å². The van der Waals surface area contributed by atoms with Gasteiger partial charge in [-0.1, -0.05) is 26.0 Å². The number of rotatable bonds is 6. The fourth-order valence-electron chi connectivity index (χ4n) is 4.63. The minimum Gasteiger partial charge on any atom is -0.492 e. The average molecular weight is 483 g/mol. The number of piperidine rings is 1. The quantitative estimate of drug-likeness (QED) is 0.575. The molecule has 2 amide bonds. The lowest BCUT2D eigenvalue weighted by molar-refractivity contribution is -0.134. The number of thiophene rings is 1. The summed E-state index contributed by atoms with van der Waals surface area (Å²) in [5.74, 6) is 1.06. The molecule has 8 nitrogen and oxygen atoms in total. The number of nitrogens with one attached hydrogen (secondary N) is 1. The fraction of sp³-hybridized carbons (Fsp3) is 0.440. The molecule has 2 aromatic heterocycles. The van der Waals surface area contributed by atoms with Gasteiger partial charge < -0.3 is 15.0 Å². The highest BCUT2D eigenvalue weighted by atomic mass is 32.1. The number of fused-ring (bicyclic) bond motifs is 1. The first kappa shape index (κ1) is 23.9. The summed E-state index contributed by atoms with van der Waals surface area (Å²) < 4.78 is 6.93. The lowest BCUT2D eigenvalue weighted by Gasteiger charge is -2.35. The molecular weight excluding hydrogens is 452 g/mol. The number of aryl methyl sites for hydroxylation is 1. The van der Waals surface area contributed by atoms with Gasteiger partial charge in [0.2, 0.25) is 5.91 Å². The lowest BCUT2D eigenvalue weighted by atomic mass is 9.92. The van der Waals surface area contributed by atoms with Crippen LogP contribution in [0.5, 0.6) is 5.75 Å². The van der Waals surface area contributed by atoms with Crippen LogP contribution in [0.25, 0.3) is 10.2 Å². The Labute approximate surface area is 202 Å². The number of aromatic nitrogens is 2. The van der Waals surface area contributed by atoms with Crippen LogP contribution in [0.1, 0.15) is 42.4 Å². The smallest absolute Gasteiger partial charge is 0.266 e. The number of para-hydroxylation sites is 2. The van der Waals surface area contributed by atoms with Gasteiger partial charge in [0.15, 0.2) is 0 Å². The van der Waals surface area contributed by atoms with E-state index in [1.807, 2.05) is 24.0 Å². The Hall–Kier alpha value is -3.20. The van der Waals surface area contributed by atoms with Crippen molar-refractivity contribution < 1.29 is 14.3 Å². The second-order valence-electron chi connectivity index (χ2n) is 9.04. The third kappa shape index (κ3) is 4.84. The second-order valence-corrected chi connectivity index (χ2v) is 10.0. The highest BCUT2D eigenvalue weighted by Crippen LogP contribution is 2.30. The Kier molecular flexibility index (Phi) is 7.02. The number of nitrogens with zero attached hydrogens (tertiary/aromatic N) is 3. The van der Waals surface area contributed by atoms with Crippen molar-refractivity contribution in [2.24, 2.45) is 11.8 Å². The number of carbonyl (C=O) groups is 2. The molecule has 0 aliphatic carbocycles. The van der Waals surface area contributed by atoms with E-state index in [-0.39, 0.29) is 23.9 Å². The van der Waals surface area contributed by atoms with E-state index in [1.54, 1.807) is 19.1 Å². The van der Waals surface area contributed by atoms with Gasteiger partial charge in [0.05, 0.1) is 28.9 Å². The summed E-state index contributed by atoms with van der Waals surface area (Å²) in [5.41, 5.74) is 0.817. The summed E-state index contributed by atoms with van der Waals surface area (Å²) in [7, 11) is 0. The molecule has 0 saturated carbocycles. The van der Waals surface area contributed by atoms with Crippen molar-refractivity contribution in [3.8, 4) is 5.75 Å². The molecule has 3 heterocycles. The van der Waals surface area contributed by atoms with Gasteiger partial charge in [-0.25, -0.2) is 4.98 Å². The number of anilines is 1. The van der Waals surface area contributed by atoms with Crippen LogP contribution >= 0.6 is 11.3 Å². The highest BCUT2D eigenvalue weighted by molar-refractivity contribution is 7.20. The van der Waals surface area contributed by atoms with Crippen LogP contribution in [-0.4, -0.2) is 46.0 Å². The molecule has 3 aromatic rings. The SMILES string of the molecule is CCOc1ccccc1NC(=O)c1sc2ncn(CC(=O)N3C[C@H](C)C[C@@H](C)C3)c(=O)c2c1C. The van der Waals surface area contributed by atoms with Crippen LogP contribution in [0, 0.1) is 18.8 Å². The Morgan fingerprint density at radius 1 is 1.21 bits per heavy atom. The molecule has 1 fully saturated rings. The molecule has 0 bridgehead atoms. The average Bonchev–Trinajstić information content (AvgIpc) is 3.13. The zero-order valence-corrected chi connectivity index (χ0v) is 20.8. The Balaban J connectivity index is 1.58. The second kappa shape index (κ2) is 9.97. The molecule has 0 spiro atoms.